The number of aryl methyl sites for hydroxylation is 1. The normalized spacial score (nSPS) is 17.8. The molecule has 2 rings (SSSR count). The quantitative estimate of drug-likeness (QED) is 0.741. The molecule has 1 aromatic rings. The number of amides is 1. The fourth-order valence-electron chi connectivity index (χ4n) is 2.92. The van der Waals surface area contributed by atoms with Crippen molar-refractivity contribution in [3.05, 3.63) is 29.8 Å². The molecule has 0 N–H and O–H groups in total. The number of carbonyl (C=O) groups excluding carboxylic acids is 1. The first-order valence-electron chi connectivity index (χ1n) is 8.96. The number of rotatable bonds is 4. The first-order chi connectivity index (χ1) is 12.0. The van der Waals surface area contributed by atoms with Crippen LogP contribution in [0.3, 0.4) is 0 Å². The molecule has 1 heterocycles. The van der Waals surface area contributed by atoms with E-state index in [-0.39, 0.29) is 16.9 Å². The summed E-state index contributed by atoms with van der Waals surface area (Å²) in [5, 5.41) is 0. The summed E-state index contributed by atoms with van der Waals surface area (Å²) in [7, 11) is -3.78. The number of likely N-dealkylation sites (tertiary alicyclic amines) is 1. The highest BCUT2D eigenvalue weighted by Gasteiger charge is 2.31. The second-order valence-corrected chi connectivity index (χ2v) is 9.45. The molecule has 7 heteroatoms. The lowest BCUT2D eigenvalue weighted by molar-refractivity contribution is 0.0124. The van der Waals surface area contributed by atoms with Gasteiger partial charge in [0.1, 0.15) is 5.60 Å². The van der Waals surface area contributed by atoms with Gasteiger partial charge in [0, 0.05) is 13.1 Å². The van der Waals surface area contributed by atoms with Gasteiger partial charge in [-0.05, 0) is 65.5 Å². The van der Waals surface area contributed by atoms with Gasteiger partial charge < -0.3 is 9.64 Å². The second kappa shape index (κ2) is 7.96. The number of ether oxygens (including phenoxy) is 1. The fraction of sp³-hybridized carbons (Fsp3) is 0.632. The minimum atomic E-state index is -3.78. The molecule has 1 unspecified atom stereocenters. The van der Waals surface area contributed by atoms with Crippen molar-refractivity contribution in [2.45, 2.75) is 64.1 Å². The van der Waals surface area contributed by atoms with Crippen LogP contribution in [0.1, 0.15) is 46.1 Å². The highest BCUT2D eigenvalue weighted by Crippen LogP contribution is 2.26. The van der Waals surface area contributed by atoms with Crippen molar-refractivity contribution in [1.29, 1.82) is 0 Å². The maximum Gasteiger partial charge on any atom is 0.410 e. The molecule has 1 amide bonds. The van der Waals surface area contributed by atoms with Gasteiger partial charge in [-0.25, -0.2) is 4.79 Å². The number of carbonyl (C=O) groups is 1. The SMILES string of the molecule is Cc1ccc(S(=O)(=O)OC(C)C2CCN(C(=O)OC(C)(C)C)CC2)cc1. The molecular formula is C19H29NO5S. The number of piperidine rings is 1. The van der Waals surface area contributed by atoms with E-state index in [4.69, 9.17) is 8.92 Å². The van der Waals surface area contributed by atoms with Gasteiger partial charge in [0.25, 0.3) is 10.1 Å². The Morgan fingerprint density at radius 1 is 1.15 bits per heavy atom. The van der Waals surface area contributed by atoms with Crippen molar-refractivity contribution in [3.63, 3.8) is 0 Å². The van der Waals surface area contributed by atoms with E-state index in [1.54, 1.807) is 36.1 Å². The van der Waals surface area contributed by atoms with Crippen molar-refractivity contribution in [3.8, 4) is 0 Å². The minimum absolute atomic E-state index is 0.0777. The lowest BCUT2D eigenvalue weighted by Gasteiger charge is -2.35. The standard InChI is InChI=1S/C19H29NO5S/c1-14-6-8-17(9-7-14)26(22,23)25-15(2)16-10-12-20(13-11-16)18(21)24-19(3,4)5/h6-9,15-16H,10-13H2,1-5H3. The Morgan fingerprint density at radius 3 is 2.19 bits per heavy atom. The highest BCUT2D eigenvalue weighted by atomic mass is 32.2. The zero-order valence-corrected chi connectivity index (χ0v) is 17.0. The zero-order chi connectivity index (χ0) is 19.5. The molecule has 0 aromatic heterocycles. The van der Waals surface area contributed by atoms with E-state index >= 15 is 0 Å². The van der Waals surface area contributed by atoms with Gasteiger partial charge in [0.15, 0.2) is 0 Å². The van der Waals surface area contributed by atoms with Gasteiger partial charge in [0.05, 0.1) is 11.0 Å². The van der Waals surface area contributed by atoms with Crippen molar-refractivity contribution in [2.24, 2.45) is 5.92 Å². The summed E-state index contributed by atoms with van der Waals surface area (Å²) in [6, 6.07) is 6.62. The number of benzene rings is 1. The molecule has 1 aliphatic rings. The van der Waals surface area contributed by atoms with Crippen LogP contribution in [0.25, 0.3) is 0 Å². The van der Waals surface area contributed by atoms with E-state index in [1.807, 2.05) is 27.7 Å². The van der Waals surface area contributed by atoms with Crippen LogP contribution in [0.5, 0.6) is 0 Å². The van der Waals surface area contributed by atoms with Crippen LogP contribution in [-0.4, -0.2) is 44.2 Å². The van der Waals surface area contributed by atoms with Crippen LogP contribution in [0.15, 0.2) is 29.2 Å². The molecule has 1 saturated heterocycles. The second-order valence-electron chi connectivity index (χ2n) is 7.87. The molecule has 1 fully saturated rings. The van der Waals surface area contributed by atoms with E-state index < -0.39 is 21.8 Å². The van der Waals surface area contributed by atoms with E-state index in [1.165, 1.54) is 0 Å². The van der Waals surface area contributed by atoms with Crippen LogP contribution < -0.4 is 0 Å². The van der Waals surface area contributed by atoms with E-state index in [0.29, 0.717) is 25.9 Å². The Bertz CT molecular complexity index is 713. The topological polar surface area (TPSA) is 72.9 Å². The Hall–Kier alpha value is -1.60. The summed E-state index contributed by atoms with van der Waals surface area (Å²) in [4.78, 5) is 13.9. The Balaban J connectivity index is 1.91. The molecule has 0 bridgehead atoms. The smallest absolute Gasteiger partial charge is 0.410 e. The minimum Gasteiger partial charge on any atom is -0.444 e. The van der Waals surface area contributed by atoms with E-state index in [9.17, 15) is 13.2 Å². The first kappa shape index (κ1) is 20.7. The maximum absolute atomic E-state index is 12.4. The van der Waals surface area contributed by atoms with Gasteiger partial charge >= 0.3 is 6.09 Å². The highest BCUT2D eigenvalue weighted by molar-refractivity contribution is 7.86. The maximum atomic E-state index is 12.4. The molecular weight excluding hydrogens is 354 g/mol. The van der Waals surface area contributed by atoms with Crippen LogP contribution in [0.4, 0.5) is 4.79 Å². The van der Waals surface area contributed by atoms with Gasteiger partial charge in [-0.15, -0.1) is 0 Å². The summed E-state index contributed by atoms with van der Waals surface area (Å²) < 4.78 is 35.6. The Morgan fingerprint density at radius 2 is 1.69 bits per heavy atom. The first-order valence-corrected chi connectivity index (χ1v) is 10.4. The molecule has 0 radical (unpaired) electrons. The third-order valence-electron chi connectivity index (χ3n) is 4.44. The molecule has 1 aliphatic heterocycles. The number of nitrogens with zero attached hydrogens (tertiary/aromatic N) is 1. The molecule has 1 aromatic carbocycles. The summed E-state index contributed by atoms with van der Waals surface area (Å²) in [5.41, 5.74) is 0.471. The van der Waals surface area contributed by atoms with Crippen LogP contribution in [0.2, 0.25) is 0 Å². The van der Waals surface area contributed by atoms with Crippen molar-refractivity contribution in [2.75, 3.05) is 13.1 Å². The predicted molar refractivity (Wildman–Crippen MR) is 99.4 cm³/mol. The van der Waals surface area contributed by atoms with Crippen molar-refractivity contribution >= 4 is 16.2 Å². The van der Waals surface area contributed by atoms with E-state index in [2.05, 4.69) is 0 Å². The Kier molecular flexibility index (Phi) is 6.34. The summed E-state index contributed by atoms with van der Waals surface area (Å²) in [5.74, 6) is 0.0777. The molecule has 0 aliphatic carbocycles. The zero-order valence-electron chi connectivity index (χ0n) is 16.2. The molecule has 1 atom stereocenters. The monoisotopic (exact) mass is 383 g/mol. The summed E-state index contributed by atoms with van der Waals surface area (Å²) in [6.45, 7) is 10.3. The molecule has 0 saturated carbocycles. The number of hydrogen-bond acceptors (Lipinski definition) is 5. The summed E-state index contributed by atoms with van der Waals surface area (Å²) in [6.07, 6.45) is 0.604. The molecule has 26 heavy (non-hydrogen) atoms. The third-order valence-corrected chi connectivity index (χ3v) is 5.85. The largest absolute Gasteiger partial charge is 0.444 e. The third kappa shape index (κ3) is 5.71. The lowest BCUT2D eigenvalue weighted by atomic mass is 9.92. The predicted octanol–water partition coefficient (Wildman–Crippen LogP) is 3.74. The van der Waals surface area contributed by atoms with Crippen molar-refractivity contribution < 1.29 is 22.1 Å². The molecule has 146 valence electrons. The van der Waals surface area contributed by atoms with Gasteiger partial charge in [0.2, 0.25) is 0 Å². The van der Waals surface area contributed by atoms with Crippen LogP contribution in [0, 0.1) is 12.8 Å². The van der Waals surface area contributed by atoms with Gasteiger partial charge in [-0.3, -0.25) is 4.18 Å². The summed E-state index contributed by atoms with van der Waals surface area (Å²) >= 11 is 0. The van der Waals surface area contributed by atoms with Crippen molar-refractivity contribution in [1.82, 2.24) is 4.90 Å². The van der Waals surface area contributed by atoms with Gasteiger partial charge in [-0.2, -0.15) is 8.42 Å². The molecule has 6 nitrogen and oxygen atoms in total. The van der Waals surface area contributed by atoms with Crippen LogP contribution >= 0.6 is 0 Å². The number of hydrogen-bond donors (Lipinski definition) is 0. The van der Waals surface area contributed by atoms with Gasteiger partial charge in [-0.1, -0.05) is 17.7 Å². The average molecular weight is 384 g/mol. The van der Waals surface area contributed by atoms with Crippen LogP contribution in [-0.2, 0) is 19.0 Å². The average Bonchev–Trinajstić information content (AvgIpc) is 2.53. The lowest BCUT2D eigenvalue weighted by Crippen LogP contribution is -2.43. The molecule has 0 spiro atoms. The fourth-order valence-corrected chi connectivity index (χ4v) is 4.05. The van der Waals surface area contributed by atoms with E-state index in [0.717, 1.165) is 5.56 Å². The Labute approximate surface area is 156 Å².